The molecule has 0 heterocycles. The van der Waals surface area contributed by atoms with Gasteiger partial charge in [-0.3, -0.25) is 0 Å². The SMILES string of the molecule is CCNC(=NCc1cc(F)ccc1CS(C)(=O)=O)NCCc1ccc(CC)cc1. The summed E-state index contributed by atoms with van der Waals surface area (Å²) in [6, 6.07) is 12.7. The lowest BCUT2D eigenvalue weighted by atomic mass is 10.1. The summed E-state index contributed by atoms with van der Waals surface area (Å²) in [4.78, 5) is 4.51. The van der Waals surface area contributed by atoms with Crippen LogP contribution in [0.2, 0.25) is 0 Å². The van der Waals surface area contributed by atoms with Crippen molar-refractivity contribution in [2.24, 2.45) is 4.99 Å². The number of sulfone groups is 1. The molecule has 0 saturated carbocycles. The maximum atomic E-state index is 13.7. The molecule has 0 aliphatic carbocycles. The lowest BCUT2D eigenvalue weighted by molar-refractivity contribution is 0.600. The molecule has 29 heavy (non-hydrogen) atoms. The maximum Gasteiger partial charge on any atom is 0.191 e. The van der Waals surface area contributed by atoms with Crippen LogP contribution in [0.1, 0.15) is 36.1 Å². The second-order valence-electron chi connectivity index (χ2n) is 7.03. The maximum absolute atomic E-state index is 13.7. The Balaban J connectivity index is 2.03. The molecule has 0 aliphatic heterocycles. The van der Waals surface area contributed by atoms with Gasteiger partial charge in [0.05, 0.1) is 12.3 Å². The van der Waals surface area contributed by atoms with Gasteiger partial charge in [0.25, 0.3) is 0 Å². The van der Waals surface area contributed by atoms with E-state index >= 15 is 0 Å². The monoisotopic (exact) mass is 419 g/mol. The zero-order valence-electron chi connectivity index (χ0n) is 17.3. The molecule has 0 fully saturated rings. The molecule has 158 valence electrons. The van der Waals surface area contributed by atoms with Gasteiger partial charge in [0.15, 0.2) is 15.8 Å². The van der Waals surface area contributed by atoms with Crippen LogP contribution in [0.25, 0.3) is 0 Å². The number of hydrogen-bond acceptors (Lipinski definition) is 3. The van der Waals surface area contributed by atoms with Gasteiger partial charge in [-0.25, -0.2) is 17.8 Å². The standard InChI is InChI=1S/C22H30FN3O2S/c1-4-17-6-8-18(9-7-17)12-13-25-22(24-5-2)26-15-20-14-21(23)11-10-19(20)16-29(3,27)28/h6-11,14H,4-5,12-13,15-16H2,1-3H3,(H2,24,25,26). The molecule has 0 aliphatic rings. The van der Waals surface area contributed by atoms with Gasteiger partial charge in [0.1, 0.15) is 5.82 Å². The van der Waals surface area contributed by atoms with Crippen LogP contribution in [0.3, 0.4) is 0 Å². The Hall–Kier alpha value is -2.41. The van der Waals surface area contributed by atoms with Crippen molar-refractivity contribution < 1.29 is 12.8 Å². The van der Waals surface area contributed by atoms with Crippen LogP contribution in [-0.2, 0) is 35.0 Å². The molecule has 0 atom stereocenters. The van der Waals surface area contributed by atoms with Crippen LogP contribution in [-0.4, -0.2) is 33.7 Å². The van der Waals surface area contributed by atoms with E-state index in [9.17, 15) is 12.8 Å². The van der Waals surface area contributed by atoms with Gasteiger partial charge in [0, 0.05) is 19.3 Å². The Kier molecular flexibility index (Phi) is 8.64. The Morgan fingerprint density at radius 1 is 1.00 bits per heavy atom. The van der Waals surface area contributed by atoms with Crippen molar-refractivity contribution in [3.63, 3.8) is 0 Å². The Labute approximate surface area is 173 Å². The Bertz CT molecular complexity index is 926. The van der Waals surface area contributed by atoms with Crippen molar-refractivity contribution in [2.45, 2.75) is 39.0 Å². The third kappa shape index (κ3) is 8.23. The fourth-order valence-electron chi connectivity index (χ4n) is 2.94. The van der Waals surface area contributed by atoms with Gasteiger partial charge in [-0.15, -0.1) is 0 Å². The average Bonchev–Trinajstić information content (AvgIpc) is 2.67. The van der Waals surface area contributed by atoms with Crippen LogP contribution in [0, 0.1) is 5.82 Å². The predicted octanol–water partition coefficient (Wildman–Crippen LogP) is 3.23. The zero-order valence-corrected chi connectivity index (χ0v) is 18.2. The van der Waals surface area contributed by atoms with Gasteiger partial charge in [-0.2, -0.15) is 0 Å². The van der Waals surface area contributed by atoms with Crippen LogP contribution < -0.4 is 10.6 Å². The molecule has 2 aromatic rings. The second-order valence-corrected chi connectivity index (χ2v) is 9.17. The van der Waals surface area contributed by atoms with Crippen molar-refractivity contribution in [2.75, 3.05) is 19.3 Å². The number of benzene rings is 2. The predicted molar refractivity (Wildman–Crippen MR) is 117 cm³/mol. The van der Waals surface area contributed by atoms with E-state index in [0.717, 1.165) is 12.8 Å². The van der Waals surface area contributed by atoms with E-state index in [1.54, 1.807) is 0 Å². The minimum Gasteiger partial charge on any atom is -0.357 e. The van der Waals surface area contributed by atoms with E-state index in [-0.39, 0.29) is 12.3 Å². The highest BCUT2D eigenvalue weighted by molar-refractivity contribution is 7.89. The molecule has 5 nitrogen and oxygen atoms in total. The Morgan fingerprint density at radius 2 is 1.69 bits per heavy atom. The first-order valence-corrected chi connectivity index (χ1v) is 11.9. The van der Waals surface area contributed by atoms with E-state index < -0.39 is 15.7 Å². The number of guanidine groups is 1. The number of rotatable bonds is 9. The summed E-state index contributed by atoms with van der Waals surface area (Å²) in [5, 5.41) is 6.44. The molecule has 0 amide bonds. The van der Waals surface area contributed by atoms with Gasteiger partial charge >= 0.3 is 0 Å². The van der Waals surface area contributed by atoms with E-state index in [2.05, 4.69) is 46.8 Å². The summed E-state index contributed by atoms with van der Waals surface area (Å²) >= 11 is 0. The first-order valence-electron chi connectivity index (χ1n) is 9.85. The highest BCUT2D eigenvalue weighted by Gasteiger charge is 2.11. The molecule has 0 radical (unpaired) electrons. The quantitative estimate of drug-likeness (QED) is 0.484. The second kappa shape index (κ2) is 11.0. The normalized spacial score (nSPS) is 12.1. The van der Waals surface area contributed by atoms with Gasteiger partial charge < -0.3 is 10.6 Å². The molecule has 2 N–H and O–H groups in total. The molecule has 7 heteroatoms. The fourth-order valence-corrected chi connectivity index (χ4v) is 3.78. The van der Waals surface area contributed by atoms with E-state index in [1.807, 2.05) is 6.92 Å². The third-order valence-corrected chi connectivity index (χ3v) is 5.31. The third-order valence-electron chi connectivity index (χ3n) is 4.48. The zero-order chi connectivity index (χ0) is 21.3. The minimum absolute atomic E-state index is 0.129. The van der Waals surface area contributed by atoms with E-state index in [4.69, 9.17) is 0 Å². The fraction of sp³-hybridized carbons (Fsp3) is 0.409. The molecule has 0 bridgehead atoms. The van der Waals surface area contributed by atoms with Crippen molar-refractivity contribution >= 4 is 15.8 Å². The largest absolute Gasteiger partial charge is 0.357 e. The van der Waals surface area contributed by atoms with Crippen molar-refractivity contribution in [1.82, 2.24) is 10.6 Å². The number of aliphatic imine (C=N–C) groups is 1. The first-order chi connectivity index (χ1) is 13.8. The van der Waals surface area contributed by atoms with E-state index in [0.29, 0.717) is 30.2 Å². The molecular weight excluding hydrogens is 389 g/mol. The average molecular weight is 420 g/mol. The van der Waals surface area contributed by atoms with Crippen molar-refractivity contribution in [3.05, 3.63) is 70.5 Å². The van der Waals surface area contributed by atoms with Crippen molar-refractivity contribution in [1.29, 1.82) is 0 Å². The summed E-state index contributed by atoms with van der Waals surface area (Å²) in [6.45, 7) is 5.70. The first kappa shape index (κ1) is 22.9. The number of hydrogen-bond donors (Lipinski definition) is 2. The molecule has 2 rings (SSSR count). The van der Waals surface area contributed by atoms with Crippen LogP contribution in [0.5, 0.6) is 0 Å². The van der Waals surface area contributed by atoms with Gasteiger partial charge in [-0.1, -0.05) is 37.3 Å². The summed E-state index contributed by atoms with van der Waals surface area (Å²) in [6.07, 6.45) is 3.05. The van der Waals surface area contributed by atoms with Gasteiger partial charge in [0.2, 0.25) is 0 Å². The molecule has 0 aromatic heterocycles. The van der Waals surface area contributed by atoms with E-state index in [1.165, 1.54) is 35.6 Å². The molecule has 0 saturated heterocycles. The lowest BCUT2D eigenvalue weighted by Gasteiger charge is -2.13. The number of halogens is 1. The lowest BCUT2D eigenvalue weighted by Crippen LogP contribution is -2.38. The summed E-state index contributed by atoms with van der Waals surface area (Å²) in [5.41, 5.74) is 3.70. The number of nitrogens with zero attached hydrogens (tertiary/aromatic N) is 1. The van der Waals surface area contributed by atoms with Crippen LogP contribution in [0.15, 0.2) is 47.5 Å². The molecule has 2 aromatic carbocycles. The molecule has 0 unspecified atom stereocenters. The van der Waals surface area contributed by atoms with Crippen molar-refractivity contribution in [3.8, 4) is 0 Å². The molecule has 0 spiro atoms. The van der Waals surface area contributed by atoms with Crippen LogP contribution >= 0.6 is 0 Å². The highest BCUT2D eigenvalue weighted by Crippen LogP contribution is 2.15. The van der Waals surface area contributed by atoms with Crippen LogP contribution in [0.4, 0.5) is 4.39 Å². The highest BCUT2D eigenvalue weighted by atomic mass is 32.2. The number of nitrogens with one attached hydrogen (secondary N) is 2. The van der Waals surface area contributed by atoms with Gasteiger partial charge in [-0.05, 0) is 54.2 Å². The summed E-state index contributed by atoms with van der Waals surface area (Å²) in [7, 11) is -3.21. The Morgan fingerprint density at radius 3 is 2.31 bits per heavy atom. The number of aryl methyl sites for hydroxylation is 1. The molecular formula is C22H30FN3O2S. The topological polar surface area (TPSA) is 70.6 Å². The summed E-state index contributed by atoms with van der Waals surface area (Å²) in [5.74, 6) is 0.0868. The smallest absolute Gasteiger partial charge is 0.191 e. The summed E-state index contributed by atoms with van der Waals surface area (Å²) < 4.78 is 36.9. The minimum atomic E-state index is -3.21.